The van der Waals surface area contributed by atoms with Crippen LogP contribution >= 0.6 is 11.8 Å². The Balaban J connectivity index is 1.79. The second-order valence-corrected chi connectivity index (χ2v) is 8.91. The zero-order valence-corrected chi connectivity index (χ0v) is 19.1. The van der Waals surface area contributed by atoms with E-state index in [-0.39, 0.29) is 23.6 Å². The van der Waals surface area contributed by atoms with Gasteiger partial charge in [-0.2, -0.15) is 11.8 Å². The van der Waals surface area contributed by atoms with Gasteiger partial charge in [0.15, 0.2) is 0 Å². The molecule has 2 amide bonds. The molecule has 8 heteroatoms. The van der Waals surface area contributed by atoms with Gasteiger partial charge in [0.25, 0.3) is 0 Å². The topological polar surface area (TPSA) is 76.7 Å². The fraction of sp³-hybridized carbons (Fsp3) is 0.391. The minimum atomic E-state index is -0.562. The number of nitrogens with one attached hydrogen (secondary N) is 2. The number of carbonyl (C=O) groups excluding carboxylic acids is 2. The average Bonchev–Trinajstić information content (AvgIpc) is 2.69. The summed E-state index contributed by atoms with van der Waals surface area (Å²) in [5.74, 6) is 0.168. The molecule has 6 nitrogen and oxygen atoms in total. The highest BCUT2D eigenvalue weighted by Crippen LogP contribution is 2.19. The molecule has 1 unspecified atom stereocenters. The maximum absolute atomic E-state index is 13.2. The molecule has 0 saturated heterocycles. The molecule has 2 N–H and O–H groups in total. The van der Waals surface area contributed by atoms with Gasteiger partial charge in [-0.1, -0.05) is 12.1 Å². The highest BCUT2D eigenvalue weighted by Gasteiger charge is 2.19. The van der Waals surface area contributed by atoms with Crippen LogP contribution in [0.25, 0.3) is 0 Å². The van der Waals surface area contributed by atoms with E-state index in [1.54, 1.807) is 57.2 Å². The van der Waals surface area contributed by atoms with Crippen molar-refractivity contribution in [2.24, 2.45) is 0 Å². The van der Waals surface area contributed by atoms with Gasteiger partial charge in [0.1, 0.15) is 23.8 Å². The SMILES string of the molecule is CSC(CCNC(=O)OC(C)(C)C)C(=O)Nc1ccc(OCc2cccc(F)c2)cc1. The van der Waals surface area contributed by atoms with Crippen molar-refractivity contribution < 1.29 is 23.5 Å². The lowest BCUT2D eigenvalue weighted by atomic mass is 10.2. The Bertz CT molecular complexity index is 869. The second kappa shape index (κ2) is 11.6. The van der Waals surface area contributed by atoms with Crippen LogP contribution in [0.1, 0.15) is 32.8 Å². The molecule has 0 aliphatic heterocycles. The number of anilines is 1. The smallest absolute Gasteiger partial charge is 0.407 e. The van der Waals surface area contributed by atoms with Crippen LogP contribution in [0.5, 0.6) is 5.75 Å². The average molecular weight is 449 g/mol. The Morgan fingerprint density at radius 3 is 2.45 bits per heavy atom. The van der Waals surface area contributed by atoms with E-state index in [1.165, 1.54) is 23.9 Å². The minimum absolute atomic E-state index is 0.146. The van der Waals surface area contributed by atoms with Crippen molar-refractivity contribution in [2.45, 2.75) is 44.6 Å². The molecule has 0 heterocycles. The molecule has 0 aliphatic carbocycles. The quantitative estimate of drug-likeness (QED) is 0.565. The highest BCUT2D eigenvalue weighted by molar-refractivity contribution is 7.99. The summed E-state index contributed by atoms with van der Waals surface area (Å²) in [6.45, 7) is 5.97. The Morgan fingerprint density at radius 1 is 1.13 bits per heavy atom. The van der Waals surface area contributed by atoms with Crippen molar-refractivity contribution in [1.29, 1.82) is 0 Å². The Morgan fingerprint density at radius 2 is 1.84 bits per heavy atom. The predicted molar refractivity (Wildman–Crippen MR) is 122 cm³/mol. The molecule has 2 aromatic rings. The molecule has 0 spiro atoms. The first-order chi connectivity index (χ1) is 14.7. The molecule has 2 rings (SSSR count). The van der Waals surface area contributed by atoms with Crippen LogP contribution in [0.2, 0.25) is 0 Å². The van der Waals surface area contributed by atoms with E-state index in [2.05, 4.69) is 10.6 Å². The fourth-order valence-electron chi connectivity index (χ4n) is 2.63. The van der Waals surface area contributed by atoms with Crippen LogP contribution in [0, 0.1) is 5.82 Å². The van der Waals surface area contributed by atoms with Crippen molar-refractivity contribution in [3.63, 3.8) is 0 Å². The van der Waals surface area contributed by atoms with E-state index < -0.39 is 11.7 Å². The maximum Gasteiger partial charge on any atom is 0.407 e. The molecule has 0 bridgehead atoms. The monoisotopic (exact) mass is 448 g/mol. The van der Waals surface area contributed by atoms with Crippen molar-refractivity contribution in [1.82, 2.24) is 5.32 Å². The number of carbonyl (C=O) groups is 2. The molecule has 0 fully saturated rings. The summed E-state index contributed by atoms with van der Waals surface area (Å²) in [5.41, 5.74) is 0.815. The lowest BCUT2D eigenvalue weighted by Gasteiger charge is -2.20. The number of rotatable bonds is 9. The van der Waals surface area contributed by atoms with Gasteiger partial charge in [-0.3, -0.25) is 4.79 Å². The first-order valence-corrected chi connectivity index (χ1v) is 11.2. The molecule has 1 atom stereocenters. The number of alkyl carbamates (subject to hydrolysis) is 1. The molecule has 168 valence electrons. The third kappa shape index (κ3) is 9.29. The number of halogens is 1. The van der Waals surface area contributed by atoms with E-state index in [1.807, 2.05) is 6.26 Å². The molecular weight excluding hydrogens is 419 g/mol. The summed E-state index contributed by atoms with van der Waals surface area (Å²) in [4.78, 5) is 24.2. The largest absolute Gasteiger partial charge is 0.489 e. The van der Waals surface area contributed by atoms with E-state index >= 15 is 0 Å². The van der Waals surface area contributed by atoms with Crippen molar-refractivity contribution >= 4 is 29.4 Å². The summed E-state index contributed by atoms with van der Waals surface area (Å²) in [6, 6.07) is 13.2. The van der Waals surface area contributed by atoms with Gasteiger partial charge in [-0.25, -0.2) is 9.18 Å². The predicted octanol–water partition coefficient (Wildman–Crippen LogP) is 4.99. The van der Waals surface area contributed by atoms with E-state index in [0.717, 1.165) is 5.56 Å². The zero-order valence-electron chi connectivity index (χ0n) is 18.2. The van der Waals surface area contributed by atoms with Crippen molar-refractivity contribution in [3.8, 4) is 5.75 Å². The van der Waals surface area contributed by atoms with Crippen LogP contribution in [-0.4, -0.2) is 35.7 Å². The first-order valence-electron chi connectivity index (χ1n) is 9.94. The van der Waals surface area contributed by atoms with Crippen LogP contribution in [-0.2, 0) is 16.1 Å². The van der Waals surface area contributed by atoms with Crippen LogP contribution in [0.3, 0.4) is 0 Å². The summed E-state index contributed by atoms with van der Waals surface area (Å²) >= 11 is 1.41. The van der Waals surface area contributed by atoms with E-state index in [0.29, 0.717) is 24.4 Å². The van der Waals surface area contributed by atoms with Crippen molar-refractivity contribution in [3.05, 3.63) is 59.9 Å². The number of benzene rings is 2. The lowest BCUT2D eigenvalue weighted by molar-refractivity contribution is -0.115. The van der Waals surface area contributed by atoms with Crippen LogP contribution in [0.15, 0.2) is 48.5 Å². The van der Waals surface area contributed by atoms with E-state index in [4.69, 9.17) is 9.47 Å². The normalized spacial score (nSPS) is 12.0. The van der Waals surface area contributed by atoms with Crippen LogP contribution in [0.4, 0.5) is 14.9 Å². The maximum atomic E-state index is 13.2. The molecule has 0 radical (unpaired) electrons. The highest BCUT2D eigenvalue weighted by atomic mass is 32.2. The van der Waals surface area contributed by atoms with Gasteiger partial charge in [0, 0.05) is 12.2 Å². The Labute approximate surface area is 186 Å². The van der Waals surface area contributed by atoms with Gasteiger partial charge in [-0.15, -0.1) is 0 Å². The number of amides is 2. The third-order valence-electron chi connectivity index (χ3n) is 4.07. The summed E-state index contributed by atoms with van der Waals surface area (Å²) in [7, 11) is 0. The number of hydrogen-bond acceptors (Lipinski definition) is 5. The molecule has 31 heavy (non-hydrogen) atoms. The lowest BCUT2D eigenvalue weighted by Crippen LogP contribution is -2.35. The van der Waals surface area contributed by atoms with Crippen LogP contribution < -0.4 is 15.4 Å². The van der Waals surface area contributed by atoms with Crippen molar-refractivity contribution in [2.75, 3.05) is 18.1 Å². The molecule has 2 aromatic carbocycles. The fourth-order valence-corrected chi connectivity index (χ4v) is 3.25. The molecule has 0 saturated carbocycles. The minimum Gasteiger partial charge on any atom is -0.489 e. The summed E-state index contributed by atoms with van der Waals surface area (Å²) < 4.78 is 24.1. The molecule has 0 aromatic heterocycles. The van der Waals surface area contributed by atoms with Gasteiger partial charge >= 0.3 is 6.09 Å². The summed E-state index contributed by atoms with van der Waals surface area (Å²) in [5, 5.41) is 5.22. The van der Waals surface area contributed by atoms with Gasteiger partial charge in [0.2, 0.25) is 5.91 Å². The second-order valence-electron chi connectivity index (χ2n) is 7.87. The zero-order chi connectivity index (χ0) is 22.9. The van der Waals surface area contributed by atoms with Gasteiger partial charge in [-0.05, 0) is 75.4 Å². The number of ether oxygens (including phenoxy) is 2. The standard InChI is InChI=1S/C23H29FN2O4S/c1-23(2,3)30-22(28)25-13-12-20(31-4)21(27)26-18-8-10-19(11-9-18)29-15-16-6-5-7-17(24)14-16/h5-11,14,20H,12-13,15H2,1-4H3,(H,25,28)(H,26,27). The Kier molecular flexibility index (Phi) is 9.18. The number of thioether (sulfide) groups is 1. The first kappa shape index (κ1) is 24.5. The number of hydrogen-bond donors (Lipinski definition) is 2. The van der Waals surface area contributed by atoms with Gasteiger partial charge in [0.05, 0.1) is 5.25 Å². The third-order valence-corrected chi connectivity index (χ3v) is 5.09. The molecule has 0 aliphatic rings. The van der Waals surface area contributed by atoms with Gasteiger partial charge < -0.3 is 20.1 Å². The van der Waals surface area contributed by atoms with E-state index in [9.17, 15) is 14.0 Å². The molecular formula is C23H29FN2O4S. The summed E-state index contributed by atoms with van der Waals surface area (Å²) in [6.07, 6.45) is 1.82. The Hall–Kier alpha value is -2.74.